The number of para-hydroxylation sites is 2. The quantitative estimate of drug-likeness (QED) is 0.180. The lowest BCUT2D eigenvalue weighted by Crippen LogP contribution is -2.37. The van der Waals surface area contributed by atoms with Gasteiger partial charge in [-0.2, -0.15) is 0 Å². The van der Waals surface area contributed by atoms with Crippen molar-refractivity contribution in [2.75, 3.05) is 5.32 Å². The standard InChI is InChI=1S/C60H50BN2O3/c1-58(2,3)32-18-22-35(23-19-32)62-44-31-51-39(37-24-20-34(60(7,8)9)27-49(37)65-51)28-41(44)52-53-38-15-11-13-17-48(38)66-57(53)54-42-26-33(59(4,5)6)21-25-45(42)63-46-29-40-36-14-10-12-16-47(36)64-50(40)30-43(46)61-55(52)56(54)63/h10-31,62H,1-9H3. The van der Waals surface area contributed by atoms with Gasteiger partial charge in [-0.3, -0.25) is 0 Å². The summed E-state index contributed by atoms with van der Waals surface area (Å²) < 4.78 is 23.1. The number of hydrogen-bond donors (Lipinski definition) is 1. The summed E-state index contributed by atoms with van der Waals surface area (Å²) in [5, 5.41) is 12.8. The fourth-order valence-corrected chi connectivity index (χ4v) is 10.7. The first-order chi connectivity index (χ1) is 31.6. The van der Waals surface area contributed by atoms with Gasteiger partial charge in [-0.1, -0.05) is 135 Å². The molecule has 0 unspecified atom stereocenters. The van der Waals surface area contributed by atoms with E-state index in [4.69, 9.17) is 13.3 Å². The fourth-order valence-electron chi connectivity index (χ4n) is 10.7. The van der Waals surface area contributed by atoms with Crippen molar-refractivity contribution in [3.05, 3.63) is 150 Å². The molecule has 4 aromatic heterocycles. The lowest BCUT2D eigenvalue weighted by Gasteiger charge is -2.25. The number of nitrogens with zero attached hydrogens (tertiary/aromatic N) is 1. The number of fused-ring (bicyclic) bond motifs is 15. The van der Waals surface area contributed by atoms with E-state index in [1.54, 1.807) is 0 Å². The minimum atomic E-state index is -0.0630. The number of benzene rings is 8. The maximum absolute atomic E-state index is 7.21. The van der Waals surface area contributed by atoms with Gasteiger partial charge in [0.25, 0.3) is 0 Å². The van der Waals surface area contributed by atoms with Crippen molar-refractivity contribution in [2.24, 2.45) is 0 Å². The number of hydrogen-bond acceptors (Lipinski definition) is 4. The highest BCUT2D eigenvalue weighted by atomic mass is 16.3. The molecule has 1 aliphatic heterocycles. The van der Waals surface area contributed by atoms with Crippen LogP contribution in [0.25, 0.3) is 104 Å². The van der Waals surface area contributed by atoms with E-state index in [9.17, 15) is 0 Å². The Morgan fingerprint density at radius 2 is 1.06 bits per heavy atom. The first-order valence-corrected chi connectivity index (χ1v) is 23.2. The minimum absolute atomic E-state index is 0.0253. The van der Waals surface area contributed by atoms with Crippen molar-refractivity contribution in [1.82, 2.24) is 4.57 Å². The maximum Gasteiger partial charge on any atom is 0.198 e. The van der Waals surface area contributed by atoms with Gasteiger partial charge in [0.15, 0.2) is 7.28 Å². The van der Waals surface area contributed by atoms with E-state index in [0.717, 1.165) is 121 Å². The van der Waals surface area contributed by atoms with Gasteiger partial charge in [0.05, 0.1) is 22.1 Å². The number of anilines is 2. The topological polar surface area (TPSA) is 56.4 Å². The lowest BCUT2D eigenvalue weighted by atomic mass is 9.58. The Hall–Kier alpha value is -7.18. The van der Waals surface area contributed by atoms with Gasteiger partial charge in [0, 0.05) is 60.7 Å². The third-order valence-electron chi connectivity index (χ3n) is 14.3. The molecule has 1 aliphatic rings. The van der Waals surface area contributed by atoms with Crippen LogP contribution in [0.15, 0.2) is 147 Å². The molecular formula is C60H50BN2O3. The van der Waals surface area contributed by atoms with Crippen LogP contribution in [0.5, 0.6) is 0 Å². The highest BCUT2D eigenvalue weighted by molar-refractivity contribution is 6.74. The highest BCUT2D eigenvalue weighted by Crippen LogP contribution is 2.49. The number of nitrogens with one attached hydrogen (secondary N) is 1. The number of aromatic nitrogens is 1. The smallest absolute Gasteiger partial charge is 0.198 e. The molecular weight excluding hydrogens is 807 g/mol. The van der Waals surface area contributed by atoms with E-state index < -0.39 is 0 Å². The van der Waals surface area contributed by atoms with Crippen LogP contribution in [0.1, 0.15) is 79.0 Å². The Morgan fingerprint density at radius 1 is 0.470 bits per heavy atom. The number of furan rings is 3. The van der Waals surface area contributed by atoms with Crippen LogP contribution in [0.4, 0.5) is 11.4 Å². The Kier molecular flexibility index (Phi) is 7.86. The summed E-state index contributed by atoms with van der Waals surface area (Å²) in [5.41, 5.74) is 18.7. The molecule has 0 atom stereocenters. The normalized spacial score (nSPS) is 13.3. The molecule has 0 fully saturated rings. The Balaban J connectivity index is 1.19. The van der Waals surface area contributed by atoms with Crippen LogP contribution in [0.2, 0.25) is 0 Å². The maximum atomic E-state index is 7.21. The minimum Gasteiger partial charge on any atom is -0.456 e. The number of rotatable bonds is 3. The Labute approximate surface area is 384 Å². The van der Waals surface area contributed by atoms with Crippen LogP contribution in [-0.2, 0) is 16.2 Å². The van der Waals surface area contributed by atoms with Crippen LogP contribution in [0, 0.1) is 0 Å². The third kappa shape index (κ3) is 5.66. The molecule has 0 amide bonds. The molecule has 0 spiro atoms. The van der Waals surface area contributed by atoms with Crippen molar-refractivity contribution in [2.45, 2.75) is 78.6 Å². The summed E-state index contributed by atoms with van der Waals surface area (Å²) >= 11 is 0. The van der Waals surface area contributed by atoms with E-state index in [1.807, 2.05) is 6.07 Å². The third-order valence-corrected chi connectivity index (χ3v) is 14.3. The van der Waals surface area contributed by atoms with Gasteiger partial charge in [-0.15, -0.1) is 0 Å². The van der Waals surface area contributed by atoms with Crippen molar-refractivity contribution in [3.63, 3.8) is 0 Å². The molecule has 1 N–H and O–H groups in total. The van der Waals surface area contributed by atoms with E-state index in [2.05, 4.69) is 207 Å². The van der Waals surface area contributed by atoms with Gasteiger partial charge < -0.3 is 23.1 Å². The van der Waals surface area contributed by atoms with Gasteiger partial charge in [0.1, 0.15) is 33.5 Å². The van der Waals surface area contributed by atoms with Crippen molar-refractivity contribution >= 4 is 117 Å². The Bertz CT molecular complexity index is 4040. The highest BCUT2D eigenvalue weighted by Gasteiger charge is 2.33. The molecule has 0 saturated carbocycles. The molecule has 6 heteroatoms. The molecule has 0 aliphatic carbocycles. The van der Waals surface area contributed by atoms with Crippen molar-refractivity contribution in [1.29, 1.82) is 0 Å². The molecule has 8 aromatic carbocycles. The molecule has 5 heterocycles. The largest absolute Gasteiger partial charge is 0.456 e. The molecule has 0 bridgehead atoms. The summed E-state index contributed by atoms with van der Waals surface area (Å²) in [4.78, 5) is 0. The second-order valence-electron chi connectivity index (χ2n) is 21.7. The fraction of sp³-hybridized carbons (Fsp3) is 0.200. The van der Waals surface area contributed by atoms with Crippen LogP contribution in [0.3, 0.4) is 0 Å². The summed E-state index contributed by atoms with van der Waals surface area (Å²) in [6, 6.07) is 48.7. The van der Waals surface area contributed by atoms with Crippen LogP contribution >= 0.6 is 0 Å². The first-order valence-electron chi connectivity index (χ1n) is 23.2. The monoisotopic (exact) mass is 857 g/mol. The van der Waals surface area contributed by atoms with Crippen molar-refractivity contribution < 1.29 is 13.3 Å². The Morgan fingerprint density at radius 3 is 1.80 bits per heavy atom. The predicted molar refractivity (Wildman–Crippen MR) is 279 cm³/mol. The second kappa shape index (κ2) is 13.2. The van der Waals surface area contributed by atoms with Crippen LogP contribution < -0.4 is 16.2 Å². The second-order valence-corrected chi connectivity index (χ2v) is 21.7. The summed E-state index contributed by atoms with van der Waals surface area (Å²) in [7, 11) is 2.40. The predicted octanol–water partition coefficient (Wildman–Crippen LogP) is 15.8. The first kappa shape index (κ1) is 39.2. The van der Waals surface area contributed by atoms with Crippen LogP contribution in [-0.4, -0.2) is 11.8 Å². The van der Waals surface area contributed by atoms with Gasteiger partial charge in [-0.25, -0.2) is 0 Å². The van der Waals surface area contributed by atoms with E-state index in [-0.39, 0.29) is 16.2 Å². The molecule has 321 valence electrons. The zero-order chi connectivity index (χ0) is 45.2. The van der Waals surface area contributed by atoms with E-state index in [0.29, 0.717) is 0 Å². The average Bonchev–Trinajstić information content (AvgIpc) is 4.04. The average molecular weight is 858 g/mol. The summed E-state index contributed by atoms with van der Waals surface area (Å²) in [5.74, 6) is 0. The van der Waals surface area contributed by atoms with Gasteiger partial charge >= 0.3 is 0 Å². The van der Waals surface area contributed by atoms with Gasteiger partial charge in [0.2, 0.25) is 0 Å². The lowest BCUT2D eigenvalue weighted by molar-refractivity contribution is 0.587. The molecule has 66 heavy (non-hydrogen) atoms. The zero-order valence-electron chi connectivity index (χ0n) is 39.0. The van der Waals surface area contributed by atoms with Gasteiger partial charge in [-0.05, 0) is 105 Å². The van der Waals surface area contributed by atoms with E-state index >= 15 is 0 Å². The SMILES string of the molecule is CC(C)(C)c1ccc(Nc2cc3oc4cc(C(C)(C)C)ccc4c3cc2-c2c3c4c(c5cc(C(C)(C)C)ccc5n4-c4cc5c(cc4[B]3)oc3ccccc35)c3oc4ccccc4c23)cc1. The molecule has 13 rings (SSSR count). The molecule has 1 radical (unpaired) electrons. The molecule has 5 nitrogen and oxygen atoms in total. The van der Waals surface area contributed by atoms with E-state index in [1.165, 1.54) is 22.1 Å². The summed E-state index contributed by atoms with van der Waals surface area (Å²) in [6.45, 7) is 20.4. The zero-order valence-corrected chi connectivity index (χ0v) is 39.0. The summed E-state index contributed by atoms with van der Waals surface area (Å²) in [6.07, 6.45) is 0. The molecule has 0 saturated heterocycles. The molecule has 12 aromatic rings. The van der Waals surface area contributed by atoms with Crippen molar-refractivity contribution in [3.8, 4) is 16.8 Å².